The topological polar surface area (TPSA) is 55.1 Å². The maximum absolute atomic E-state index is 11.5. The first-order valence-corrected chi connectivity index (χ1v) is 6.72. The maximum atomic E-state index is 11.5. The number of carbonyl (C=O) groups excluding carboxylic acids is 1. The Kier molecular flexibility index (Phi) is 3.88. The lowest BCUT2D eigenvalue weighted by atomic mass is 9.79. The van der Waals surface area contributed by atoms with Gasteiger partial charge in [0.1, 0.15) is 12.0 Å². The third-order valence-corrected chi connectivity index (χ3v) is 3.65. The Morgan fingerprint density at radius 1 is 1.53 bits per heavy atom. The monoisotopic (exact) mass is 260 g/mol. The zero-order valence-corrected chi connectivity index (χ0v) is 11.5. The summed E-state index contributed by atoms with van der Waals surface area (Å²) in [5, 5.41) is 14.7. The normalized spacial score (nSPS) is 21.8. The van der Waals surface area contributed by atoms with Crippen LogP contribution in [-0.2, 0) is 16.8 Å². The van der Waals surface area contributed by atoms with Gasteiger partial charge >= 0.3 is 0 Å². The second-order valence-electron chi connectivity index (χ2n) is 5.01. The molecule has 0 radical (unpaired) electrons. The Balaban J connectivity index is 2.41. The number of aromatic nitrogens is 2. The van der Waals surface area contributed by atoms with E-state index in [9.17, 15) is 9.90 Å². The van der Waals surface area contributed by atoms with E-state index in [0.717, 1.165) is 31.4 Å². The Bertz CT molecular complexity index is 528. The molecule has 0 amide bonds. The fourth-order valence-corrected chi connectivity index (χ4v) is 2.33. The molecule has 0 bridgehead atoms. The largest absolute Gasteiger partial charge is 0.504 e. The van der Waals surface area contributed by atoms with Crippen molar-refractivity contribution < 1.29 is 9.90 Å². The molecule has 1 unspecified atom stereocenters. The molecule has 2 rings (SSSR count). The fourth-order valence-electron chi connectivity index (χ4n) is 2.33. The van der Waals surface area contributed by atoms with Crippen LogP contribution in [0.5, 0.6) is 5.75 Å². The molecule has 0 aromatic carbocycles. The van der Waals surface area contributed by atoms with Crippen LogP contribution >= 0.6 is 0 Å². The lowest BCUT2D eigenvalue weighted by molar-refractivity contribution is -0.111. The van der Waals surface area contributed by atoms with E-state index >= 15 is 0 Å². The summed E-state index contributed by atoms with van der Waals surface area (Å²) < 4.78 is 1.80. The molecule has 1 atom stereocenters. The van der Waals surface area contributed by atoms with Crippen LogP contribution in [0.4, 0.5) is 0 Å². The van der Waals surface area contributed by atoms with Crippen LogP contribution in [0.25, 0.3) is 0 Å². The SMILES string of the molecule is CCCCn1nc(C2(C=O)C=CC=CC2)c(O)c1C. The number of aldehydes is 1. The van der Waals surface area contributed by atoms with Gasteiger partial charge in [-0.1, -0.05) is 37.6 Å². The smallest absolute Gasteiger partial charge is 0.161 e. The second-order valence-corrected chi connectivity index (χ2v) is 5.01. The molecule has 1 aromatic rings. The zero-order valence-electron chi connectivity index (χ0n) is 11.5. The van der Waals surface area contributed by atoms with Crippen molar-refractivity contribution in [1.29, 1.82) is 0 Å². The van der Waals surface area contributed by atoms with Crippen molar-refractivity contribution in [2.45, 2.75) is 45.1 Å². The summed E-state index contributed by atoms with van der Waals surface area (Å²) in [5.41, 5.74) is 0.380. The van der Waals surface area contributed by atoms with Gasteiger partial charge in [0.25, 0.3) is 0 Å². The van der Waals surface area contributed by atoms with Crippen LogP contribution in [0.2, 0.25) is 0 Å². The van der Waals surface area contributed by atoms with Crippen molar-refractivity contribution in [2.75, 3.05) is 0 Å². The third-order valence-electron chi connectivity index (χ3n) is 3.65. The van der Waals surface area contributed by atoms with E-state index in [0.29, 0.717) is 12.1 Å². The van der Waals surface area contributed by atoms with Gasteiger partial charge in [0.2, 0.25) is 0 Å². The van der Waals surface area contributed by atoms with Crippen molar-refractivity contribution >= 4 is 6.29 Å². The summed E-state index contributed by atoms with van der Waals surface area (Å²) in [5.74, 6) is 0.142. The molecule has 1 aromatic heterocycles. The van der Waals surface area contributed by atoms with Crippen LogP contribution in [0.1, 0.15) is 37.6 Å². The summed E-state index contributed by atoms with van der Waals surface area (Å²) in [7, 11) is 0. The molecule has 1 heterocycles. The van der Waals surface area contributed by atoms with Gasteiger partial charge in [-0.3, -0.25) is 4.68 Å². The molecule has 4 nitrogen and oxygen atoms in total. The molecule has 1 aliphatic rings. The first-order chi connectivity index (χ1) is 9.14. The minimum atomic E-state index is -0.818. The summed E-state index contributed by atoms with van der Waals surface area (Å²) >= 11 is 0. The third kappa shape index (κ3) is 2.35. The Morgan fingerprint density at radius 3 is 2.89 bits per heavy atom. The average Bonchev–Trinajstić information content (AvgIpc) is 2.74. The van der Waals surface area contributed by atoms with E-state index in [1.807, 2.05) is 31.2 Å². The second kappa shape index (κ2) is 5.43. The number of rotatable bonds is 5. The van der Waals surface area contributed by atoms with E-state index < -0.39 is 5.41 Å². The van der Waals surface area contributed by atoms with Crippen molar-refractivity contribution in [3.8, 4) is 5.75 Å². The fraction of sp³-hybridized carbons (Fsp3) is 0.467. The van der Waals surface area contributed by atoms with Gasteiger partial charge in [-0.2, -0.15) is 5.10 Å². The highest BCUT2D eigenvalue weighted by Gasteiger charge is 2.35. The quantitative estimate of drug-likeness (QED) is 0.828. The van der Waals surface area contributed by atoms with E-state index in [-0.39, 0.29) is 5.75 Å². The average molecular weight is 260 g/mol. The van der Waals surface area contributed by atoms with E-state index in [1.54, 1.807) is 4.68 Å². The van der Waals surface area contributed by atoms with Gasteiger partial charge in [0, 0.05) is 6.54 Å². The molecule has 0 saturated carbocycles. The summed E-state index contributed by atoms with van der Waals surface area (Å²) in [6.07, 6.45) is 11.0. The predicted molar refractivity (Wildman–Crippen MR) is 74.2 cm³/mol. The minimum Gasteiger partial charge on any atom is -0.504 e. The van der Waals surface area contributed by atoms with Gasteiger partial charge in [0.15, 0.2) is 5.75 Å². The molecular formula is C15H20N2O2. The molecule has 0 aliphatic heterocycles. The first-order valence-electron chi connectivity index (χ1n) is 6.72. The number of hydrogen-bond donors (Lipinski definition) is 1. The number of aromatic hydroxyl groups is 1. The van der Waals surface area contributed by atoms with E-state index in [4.69, 9.17) is 0 Å². The zero-order chi connectivity index (χ0) is 13.9. The van der Waals surface area contributed by atoms with Gasteiger partial charge in [-0.05, 0) is 19.8 Å². The molecule has 0 fully saturated rings. The molecule has 19 heavy (non-hydrogen) atoms. The first kappa shape index (κ1) is 13.6. The van der Waals surface area contributed by atoms with Crippen molar-refractivity contribution in [2.24, 2.45) is 0 Å². The van der Waals surface area contributed by atoms with Gasteiger partial charge < -0.3 is 9.90 Å². The lowest BCUT2D eigenvalue weighted by Gasteiger charge is -2.22. The number of allylic oxidation sites excluding steroid dienone is 4. The highest BCUT2D eigenvalue weighted by molar-refractivity contribution is 5.74. The van der Waals surface area contributed by atoms with Crippen molar-refractivity contribution in [3.63, 3.8) is 0 Å². The van der Waals surface area contributed by atoms with Crippen LogP contribution < -0.4 is 0 Å². The van der Waals surface area contributed by atoms with Gasteiger partial charge in [0.05, 0.1) is 11.1 Å². The van der Waals surface area contributed by atoms with Crippen molar-refractivity contribution in [1.82, 2.24) is 9.78 Å². The molecule has 0 saturated heterocycles. The summed E-state index contributed by atoms with van der Waals surface area (Å²) in [6.45, 7) is 4.72. The predicted octanol–water partition coefficient (Wildman–Crippen LogP) is 2.65. The molecule has 1 N–H and O–H groups in total. The van der Waals surface area contributed by atoms with Crippen LogP contribution in [0, 0.1) is 6.92 Å². The highest BCUT2D eigenvalue weighted by atomic mass is 16.3. The highest BCUT2D eigenvalue weighted by Crippen LogP contribution is 2.37. The molecule has 1 aliphatic carbocycles. The Hall–Kier alpha value is -1.84. The van der Waals surface area contributed by atoms with E-state index in [1.165, 1.54) is 0 Å². The number of carbonyl (C=O) groups is 1. The number of nitrogens with zero attached hydrogens (tertiary/aromatic N) is 2. The number of unbranched alkanes of at least 4 members (excludes halogenated alkanes) is 1. The summed E-state index contributed by atoms with van der Waals surface area (Å²) in [4.78, 5) is 11.5. The van der Waals surface area contributed by atoms with E-state index in [2.05, 4.69) is 12.0 Å². The van der Waals surface area contributed by atoms with Crippen LogP contribution in [0.3, 0.4) is 0 Å². The Labute approximate surface area is 113 Å². The minimum absolute atomic E-state index is 0.142. The van der Waals surface area contributed by atoms with Gasteiger partial charge in [-0.15, -0.1) is 0 Å². The Morgan fingerprint density at radius 2 is 2.32 bits per heavy atom. The lowest BCUT2D eigenvalue weighted by Crippen LogP contribution is -2.27. The number of aryl methyl sites for hydroxylation is 1. The van der Waals surface area contributed by atoms with Crippen molar-refractivity contribution in [3.05, 3.63) is 35.7 Å². The van der Waals surface area contributed by atoms with Crippen LogP contribution in [-0.4, -0.2) is 21.2 Å². The van der Waals surface area contributed by atoms with Gasteiger partial charge in [-0.25, -0.2) is 0 Å². The molecular weight excluding hydrogens is 240 g/mol. The van der Waals surface area contributed by atoms with Crippen LogP contribution in [0.15, 0.2) is 24.3 Å². The number of hydrogen-bond acceptors (Lipinski definition) is 3. The maximum Gasteiger partial charge on any atom is 0.161 e. The summed E-state index contributed by atoms with van der Waals surface area (Å²) in [6, 6.07) is 0. The molecule has 102 valence electrons. The molecule has 0 spiro atoms. The standard InChI is InChI=1S/C15H20N2O2/c1-3-4-10-17-12(2)13(19)14(16-17)15(11-18)8-6-5-7-9-15/h5-8,11,19H,3-4,9-10H2,1-2H3. The molecule has 4 heteroatoms.